The Hall–Kier alpha value is -1.94. The van der Waals surface area contributed by atoms with Crippen LogP contribution in [0, 0.1) is 0 Å². The molecule has 2 aromatic rings. The van der Waals surface area contributed by atoms with E-state index >= 15 is 0 Å². The normalized spacial score (nSPS) is 10.4. The van der Waals surface area contributed by atoms with Crippen LogP contribution in [0.4, 0.5) is 5.82 Å². The molecule has 0 spiro atoms. The highest BCUT2D eigenvalue weighted by atomic mass is 16.5. The number of nitrogens with zero attached hydrogens (tertiary/aromatic N) is 2. The van der Waals surface area contributed by atoms with Gasteiger partial charge < -0.3 is 10.1 Å². The molecule has 0 radical (unpaired) electrons. The molecule has 0 bridgehead atoms. The van der Waals surface area contributed by atoms with Crippen LogP contribution in [0.25, 0.3) is 11.4 Å². The molecular weight excluding hydrogens is 238 g/mol. The van der Waals surface area contributed by atoms with E-state index in [4.69, 9.17) is 4.74 Å². The molecule has 0 aliphatic heterocycles. The van der Waals surface area contributed by atoms with Gasteiger partial charge in [0.15, 0.2) is 5.82 Å². The van der Waals surface area contributed by atoms with Gasteiger partial charge in [-0.05, 0) is 24.1 Å². The SMILES string of the molecule is CCCNc1ccnc(-c2cccc(COC)c2)n1. The van der Waals surface area contributed by atoms with E-state index in [9.17, 15) is 0 Å². The van der Waals surface area contributed by atoms with Crippen LogP contribution in [0.2, 0.25) is 0 Å². The molecule has 100 valence electrons. The van der Waals surface area contributed by atoms with Gasteiger partial charge in [-0.1, -0.05) is 25.1 Å². The summed E-state index contributed by atoms with van der Waals surface area (Å²) in [6.45, 7) is 3.64. The van der Waals surface area contributed by atoms with Gasteiger partial charge in [-0.2, -0.15) is 0 Å². The molecule has 1 N–H and O–H groups in total. The fraction of sp³-hybridized carbons (Fsp3) is 0.333. The Kier molecular flexibility index (Phi) is 4.86. The van der Waals surface area contributed by atoms with E-state index < -0.39 is 0 Å². The van der Waals surface area contributed by atoms with Gasteiger partial charge in [0.1, 0.15) is 5.82 Å². The zero-order valence-electron chi connectivity index (χ0n) is 11.4. The Morgan fingerprint density at radius 1 is 1.26 bits per heavy atom. The number of rotatable bonds is 6. The first kappa shape index (κ1) is 13.5. The summed E-state index contributed by atoms with van der Waals surface area (Å²) in [5.41, 5.74) is 2.13. The monoisotopic (exact) mass is 257 g/mol. The predicted molar refractivity (Wildman–Crippen MR) is 77.0 cm³/mol. The summed E-state index contributed by atoms with van der Waals surface area (Å²) in [5.74, 6) is 1.60. The Morgan fingerprint density at radius 2 is 2.16 bits per heavy atom. The maximum absolute atomic E-state index is 5.14. The number of nitrogens with one attached hydrogen (secondary N) is 1. The van der Waals surface area contributed by atoms with Crippen molar-refractivity contribution < 1.29 is 4.74 Å². The molecule has 4 nitrogen and oxygen atoms in total. The van der Waals surface area contributed by atoms with Crippen molar-refractivity contribution in [1.29, 1.82) is 0 Å². The van der Waals surface area contributed by atoms with Gasteiger partial charge in [-0.15, -0.1) is 0 Å². The molecule has 0 saturated heterocycles. The molecule has 0 atom stereocenters. The maximum Gasteiger partial charge on any atom is 0.161 e. The van der Waals surface area contributed by atoms with Crippen LogP contribution >= 0.6 is 0 Å². The third kappa shape index (κ3) is 3.76. The van der Waals surface area contributed by atoms with Crippen molar-refractivity contribution in [3.63, 3.8) is 0 Å². The smallest absolute Gasteiger partial charge is 0.161 e. The molecule has 0 aliphatic carbocycles. The first-order chi connectivity index (χ1) is 9.33. The zero-order valence-corrected chi connectivity index (χ0v) is 11.4. The number of anilines is 1. The highest BCUT2D eigenvalue weighted by Crippen LogP contribution is 2.18. The highest BCUT2D eigenvalue weighted by molar-refractivity contribution is 5.57. The van der Waals surface area contributed by atoms with E-state index in [1.165, 1.54) is 0 Å². The van der Waals surface area contributed by atoms with E-state index in [1.807, 2.05) is 24.3 Å². The average molecular weight is 257 g/mol. The first-order valence-electron chi connectivity index (χ1n) is 6.48. The van der Waals surface area contributed by atoms with Gasteiger partial charge in [-0.25, -0.2) is 9.97 Å². The van der Waals surface area contributed by atoms with Crippen molar-refractivity contribution in [1.82, 2.24) is 9.97 Å². The van der Waals surface area contributed by atoms with Gasteiger partial charge in [0.2, 0.25) is 0 Å². The lowest BCUT2D eigenvalue weighted by Crippen LogP contribution is -2.03. The van der Waals surface area contributed by atoms with Gasteiger partial charge in [0.05, 0.1) is 6.61 Å². The van der Waals surface area contributed by atoms with E-state index in [0.29, 0.717) is 6.61 Å². The van der Waals surface area contributed by atoms with Gasteiger partial charge >= 0.3 is 0 Å². The van der Waals surface area contributed by atoms with Crippen LogP contribution in [0.5, 0.6) is 0 Å². The number of ether oxygens (including phenoxy) is 1. The number of aromatic nitrogens is 2. The van der Waals surface area contributed by atoms with Crippen molar-refractivity contribution >= 4 is 5.82 Å². The third-order valence-electron chi connectivity index (χ3n) is 2.71. The van der Waals surface area contributed by atoms with Crippen LogP contribution in [0.1, 0.15) is 18.9 Å². The number of methoxy groups -OCH3 is 1. The van der Waals surface area contributed by atoms with E-state index in [-0.39, 0.29) is 0 Å². The van der Waals surface area contributed by atoms with Crippen molar-refractivity contribution in [2.75, 3.05) is 19.0 Å². The first-order valence-corrected chi connectivity index (χ1v) is 6.48. The third-order valence-corrected chi connectivity index (χ3v) is 2.71. The second-order valence-corrected chi connectivity index (χ2v) is 4.33. The average Bonchev–Trinajstić information content (AvgIpc) is 2.46. The molecule has 0 aliphatic rings. The Bertz CT molecular complexity index is 528. The molecule has 0 saturated carbocycles. The quantitative estimate of drug-likeness (QED) is 0.863. The number of hydrogen-bond acceptors (Lipinski definition) is 4. The summed E-state index contributed by atoms with van der Waals surface area (Å²) < 4.78 is 5.14. The Labute approximate surface area is 113 Å². The largest absolute Gasteiger partial charge is 0.380 e. The van der Waals surface area contributed by atoms with Crippen LogP contribution in [0.15, 0.2) is 36.5 Å². The topological polar surface area (TPSA) is 47.0 Å². The lowest BCUT2D eigenvalue weighted by atomic mass is 10.1. The molecule has 19 heavy (non-hydrogen) atoms. The highest BCUT2D eigenvalue weighted by Gasteiger charge is 2.03. The van der Waals surface area contributed by atoms with Crippen molar-refractivity contribution in [3.8, 4) is 11.4 Å². The lowest BCUT2D eigenvalue weighted by Gasteiger charge is -2.07. The van der Waals surface area contributed by atoms with Crippen molar-refractivity contribution in [2.45, 2.75) is 20.0 Å². The second kappa shape index (κ2) is 6.85. The van der Waals surface area contributed by atoms with Crippen LogP contribution in [0.3, 0.4) is 0 Å². The lowest BCUT2D eigenvalue weighted by molar-refractivity contribution is 0.185. The number of benzene rings is 1. The molecule has 0 unspecified atom stereocenters. The van der Waals surface area contributed by atoms with Crippen molar-refractivity contribution in [3.05, 3.63) is 42.1 Å². The maximum atomic E-state index is 5.14. The summed E-state index contributed by atoms with van der Waals surface area (Å²) in [5, 5.41) is 3.27. The molecule has 0 amide bonds. The van der Waals surface area contributed by atoms with Gasteiger partial charge in [-0.3, -0.25) is 0 Å². The van der Waals surface area contributed by atoms with Gasteiger partial charge in [0, 0.05) is 25.4 Å². The van der Waals surface area contributed by atoms with Crippen LogP contribution in [-0.4, -0.2) is 23.6 Å². The van der Waals surface area contributed by atoms with E-state index in [2.05, 4.69) is 28.3 Å². The minimum absolute atomic E-state index is 0.599. The minimum Gasteiger partial charge on any atom is -0.380 e. The van der Waals surface area contributed by atoms with Crippen LogP contribution < -0.4 is 5.32 Å². The summed E-state index contributed by atoms with van der Waals surface area (Å²) in [7, 11) is 1.69. The minimum atomic E-state index is 0.599. The fourth-order valence-electron chi connectivity index (χ4n) is 1.82. The summed E-state index contributed by atoms with van der Waals surface area (Å²) >= 11 is 0. The molecule has 0 fully saturated rings. The fourth-order valence-corrected chi connectivity index (χ4v) is 1.82. The van der Waals surface area contributed by atoms with E-state index in [1.54, 1.807) is 13.3 Å². The predicted octanol–water partition coefficient (Wildman–Crippen LogP) is 3.11. The zero-order chi connectivity index (χ0) is 13.5. The van der Waals surface area contributed by atoms with Crippen molar-refractivity contribution in [2.24, 2.45) is 0 Å². The summed E-state index contributed by atoms with van der Waals surface area (Å²) in [6.07, 6.45) is 2.85. The summed E-state index contributed by atoms with van der Waals surface area (Å²) in [6, 6.07) is 9.99. The Balaban J connectivity index is 2.23. The van der Waals surface area contributed by atoms with Crippen LogP contribution in [-0.2, 0) is 11.3 Å². The molecule has 1 heterocycles. The molecule has 4 heteroatoms. The standard InChI is InChI=1S/C15H19N3O/c1-3-8-16-14-7-9-17-15(18-14)13-6-4-5-12(10-13)11-19-2/h4-7,9-10H,3,8,11H2,1-2H3,(H,16,17,18). The second-order valence-electron chi connectivity index (χ2n) is 4.33. The Morgan fingerprint density at radius 3 is 2.95 bits per heavy atom. The van der Waals surface area contributed by atoms with E-state index in [0.717, 1.165) is 35.7 Å². The molecule has 2 rings (SSSR count). The molecular formula is C15H19N3O. The molecule has 1 aromatic carbocycles. The molecule has 1 aromatic heterocycles. The number of hydrogen-bond donors (Lipinski definition) is 1. The summed E-state index contributed by atoms with van der Waals surface area (Å²) in [4.78, 5) is 8.85. The van der Waals surface area contributed by atoms with Gasteiger partial charge in [0.25, 0.3) is 0 Å².